The summed E-state index contributed by atoms with van der Waals surface area (Å²) >= 11 is 6.29. The lowest BCUT2D eigenvalue weighted by Gasteiger charge is -2.11. The second kappa shape index (κ2) is 5.90. The Morgan fingerprint density at radius 1 is 1.24 bits per heavy atom. The third kappa shape index (κ3) is 3.53. The summed E-state index contributed by atoms with van der Waals surface area (Å²) in [5, 5.41) is 0. The van der Waals surface area contributed by atoms with E-state index in [1.54, 1.807) is 13.0 Å². The lowest BCUT2D eigenvalue weighted by Crippen LogP contribution is -2.15. The highest BCUT2D eigenvalue weighted by molar-refractivity contribution is 9.10. The average Bonchev–Trinajstić information content (AvgIpc) is 2.37. The Kier molecular flexibility index (Phi) is 4.54. The van der Waals surface area contributed by atoms with E-state index >= 15 is 0 Å². The molecule has 112 valence electrons. The molecule has 0 unspecified atom stereocenters. The second-order valence-corrected chi connectivity index (χ2v) is 7.59. The summed E-state index contributed by atoms with van der Waals surface area (Å²) in [4.78, 5) is 3.80. The molecule has 2 rings (SSSR count). The number of nitrogens with two attached hydrogens (primary N) is 1. The van der Waals surface area contributed by atoms with Gasteiger partial charge in [0.1, 0.15) is 16.5 Å². The maximum absolute atomic E-state index is 13.3. The van der Waals surface area contributed by atoms with Gasteiger partial charge >= 0.3 is 0 Å². The Hall–Kier alpha value is -1.19. The molecule has 1 heterocycles. The van der Waals surface area contributed by atoms with Gasteiger partial charge in [-0.15, -0.1) is 0 Å². The first-order valence-corrected chi connectivity index (χ1v) is 8.67. The van der Waals surface area contributed by atoms with Crippen LogP contribution in [0.4, 0.5) is 15.9 Å². The van der Waals surface area contributed by atoms with E-state index in [2.05, 4.69) is 41.6 Å². The van der Waals surface area contributed by atoms with Crippen molar-refractivity contribution < 1.29 is 12.8 Å². The van der Waals surface area contributed by atoms with Crippen LogP contribution in [0, 0.1) is 12.7 Å². The normalized spacial score (nSPS) is 11.4. The number of halogens is 3. The summed E-state index contributed by atoms with van der Waals surface area (Å²) in [6, 6.07) is 3.63. The molecule has 1 aromatic carbocycles. The number of rotatable bonds is 3. The van der Waals surface area contributed by atoms with Crippen LogP contribution in [-0.2, 0) is 10.0 Å². The van der Waals surface area contributed by atoms with Crippen molar-refractivity contribution in [2.45, 2.75) is 11.8 Å². The van der Waals surface area contributed by atoms with Crippen LogP contribution in [0.2, 0.25) is 0 Å². The van der Waals surface area contributed by atoms with Crippen LogP contribution in [-0.4, -0.2) is 13.4 Å². The second-order valence-electron chi connectivity index (χ2n) is 4.23. The number of nitrogens with one attached hydrogen (secondary N) is 1. The molecule has 0 aliphatic heterocycles. The molecule has 0 saturated carbocycles. The number of aromatic nitrogens is 1. The van der Waals surface area contributed by atoms with Gasteiger partial charge in [-0.2, -0.15) is 0 Å². The number of hydrogen-bond donors (Lipinski definition) is 2. The third-order valence-electron chi connectivity index (χ3n) is 2.63. The molecule has 3 N–H and O–H groups in total. The van der Waals surface area contributed by atoms with Crippen LogP contribution in [0.3, 0.4) is 0 Å². The summed E-state index contributed by atoms with van der Waals surface area (Å²) in [7, 11) is -3.93. The lowest BCUT2D eigenvalue weighted by atomic mass is 10.3. The Balaban J connectivity index is 2.43. The number of pyridine rings is 1. The Morgan fingerprint density at radius 3 is 2.52 bits per heavy atom. The van der Waals surface area contributed by atoms with E-state index in [-0.39, 0.29) is 20.9 Å². The number of sulfonamides is 1. The molecular weight excluding hydrogens is 429 g/mol. The first-order chi connectivity index (χ1) is 9.70. The van der Waals surface area contributed by atoms with Gasteiger partial charge in [-0.1, -0.05) is 0 Å². The van der Waals surface area contributed by atoms with Crippen molar-refractivity contribution in [1.82, 2.24) is 4.98 Å². The third-order valence-corrected chi connectivity index (χ3v) is 5.77. The number of nitrogen functional groups attached to an aromatic ring is 1. The maximum Gasteiger partial charge on any atom is 0.264 e. The van der Waals surface area contributed by atoms with E-state index in [1.165, 1.54) is 6.20 Å². The molecule has 0 bridgehead atoms. The van der Waals surface area contributed by atoms with Crippen LogP contribution in [0.5, 0.6) is 0 Å². The molecule has 0 aliphatic carbocycles. The zero-order valence-corrected chi connectivity index (χ0v) is 14.7. The first kappa shape index (κ1) is 16.2. The molecular formula is C12H10Br2FN3O2S. The van der Waals surface area contributed by atoms with Crippen LogP contribution < -0.4 is 10.5 Å². The minimum atomic E-state index is -3.93. The van der Waals surface area contributed by atoms with Crippen molar-refractivity contribution in [3.05, 3.63) is 44.7 Å². The predicted octanol–water partition coefficient (Wildman–Crippen LogP) is 3.44. The number of aryl methyl sites for hydroxylation is 1. The number of nitrogens with zero attached hydrogens (tertiary/aromatic N) is 1. The zero-order chi connectivity index (χ0) is 15.8. The van der Waals surface area contributed by atoms with E-state index in [9.17, 15) is 12.8 Å². The van der Waals surface area contributed by atoms with Crippen LogP contribution in [0.15, 0.2) is 38.2 Å². The Labute approximate surface area is 138 Å². The molecule has 0 amide bonds. The standard InChI is InChI=1S/C12H10Br2FN3O2S/c1-6-2-12(17-5-8(6)14)18-21(19,20)11-4-10(16)9(15)3-7(11)13/h2-5H,16H2,1H3,(H,17,18). The van der Waals surface area contributed by atoms with Crippen LogP contribution in [0.25, 0.3) is 0 Å². The van der Waals surface area contributed by atoms with Gasteiger partial charge in [0.15, 0.2) is 0 Å². The maximum atomic E-state index is 13.3. The predicted molar refractivity (Wildman–Crippen MR) is 86.0 cm³/mol. The first-order valence-electron chi connectivity index (χ1n) is 5.60. The minimum absolute atomic E-state index is 0.0792. The molecule has 21 heavy (non-hydrogen) atoms. The van der Waals surface area contributed by atoms with Crippen LogP contribution >= 0.6 is 31.9 Å². The fourth-order valence-electron chi connectivity index (χ4n) is 1.54. The van der Waals surface area contributed by atoms with Crippen LogP contribution in [0.1, 0.15) is 5.56 Å². The molecule has 9 heteroatoms. The SMILES string of the molecule is Cc1cc(NS(=O)(=O)c2cc(N)c(F)cc2Br)ncc1Br. The molecule has 1 aromatic heterocycles. The van der Waals surface area contributed by atoms with Crippen molar-refractivity contribution in [3.63, 3.8) is 0 Å². The number of benzene rings is 1. The number of hydrogen-bond acceptors (Lipinski definition) is 4. The summed E-state index contributed by atoms with van der Waals surface area (Å²) in [6.45, 7) is 1.80. The van der Waals surface area contributed by atoms with Gasteiger partial charge in [0, 0.05) is 15.1 Å². The fraction of sp³-hybridized carbons (Fsp3) is 0.0833. The Morgan fingerprint density at radius 2 is 1.90 bits per heavy atom. The van der Waals surface area contributed by atoms with E-state index in [4.69, 9.17) is 5.73 Å². The van der Waals surface area contributed by atoms with E-state index < -0.39 is 15.8 Å². The Bertz CT molecular complexity index is 812. The summed E-state index contributed by atoms with van der Waals surface area (Å²) in [5.41, 5.74) is 5.98. The highest BCUT2D eigenvalue weighted by Crippen LogP contribution is 2.28. The molecule has 0 fully saturated rings. The molecule has 0 aliphatic rings. The average molecular weight is 439 g/mol. The summed E-state index contributed by atoms with van der Waals surface area (Å²) in [6.07, 6.45) is 1.49. The molecule has 0 spiro atoms. The largest absolute Gasteiger partial charge is 0.396 e. The monoisotopic (exact) mass is 437 g/mol. The molecule has 0 atom stereocenters. The molecule has 5 nitrogen and oxygen atoms in total. The van der Waals surface area contributed by atoms with Crippen molar-refractivity contribution in [2.75, 3.05) is 10.5 Å². The summed E-state index contributed by atoms with van der Waals surface area (Å²) < 4.78 is 41.1. The topological polar surface area (TPSA) is 85.1 Å². The van der Waals surface area contributed by atoms with Gasteiger partial charge in [0.25, 0.3) is 10.0 Å². The van der Waals surface area contributed by atoms with Gasteiger partial charge in [-0.25, -0.2) is 17.8 Å². The van der Waals surface area contributed by atoms with Crippen molar-refractivity contribution in [3.8, 4) is 0 Å². The molecule has 0 saturated heterocycles. The highest BCUT2D eigenvalue weighted by Gasteiger charge is 2.20. The molecule has 0 radical (unpaired) electrons. The van der Waals surface area contributed by atoms with Gasteiger partial charge in [-0.05, 0) is 62.5 Å². The van der Waals surface area contributed by atoms with Gasteiger partial charge < -0.3 is 5.73 Å². The van der Waals surface area contributed by atoms with E-state index in [1.807, 2.05) is 0 Å². The zero-order valence-electron chi connectivity index (χ0n) is 10.7. The van der Waals surface area contributed by atoms with Gasteiger partial charge in [0.2, 0.25) is 0 Å². The van der Waals surface area contributed by atoms with E-state index in [0.717, 1.165) is 22.2 Å². The van der Waals surface area contributed by atoms with Crippen molar-refractivity contribution in [1.29, 1.82) is 0 Å². The van der Waals surface area contributed by atoms with Crippen molar-refractivity contribution >= 4 is 53.4 Å². The highest BCUT2D eigenvalue weighted by atomic mass is 79.9. The lowest BCUT2D eigenvalue weighted by molar-refractivity contribution is 0.599. The van der Waals surface area contributed by atoms with Gasteiger partial charge in [0.05, 0.1) is 5.69 Å². The van der Waals surface area contributed by atoms with Gasteiger partial charge in [-0.3, -0.25) is 4.72 Å². The molecule has 2 aromatic rings. The smallest absolute Gasteiger partial charge is 0.264 e. The number of anilines is 2. The quantitative estimate of drug-likeness (QED) is 0.718. The summed E-state index contributed by atoms with van der Waals surface area (Å²) in [5.74, 6) is -0.538. The van der Waals surface area contributed by atoms with Crippen molar-refractivity contribution in [2.24, 2.45) is 0 Å². The van der Waals surface area contributed by atoms with E-state index in [0.29, 0.717) is 0 Å². The fourth-order valence-corrected chi connectivity index (χ4v) is 3.80. The minimum Gasteiger partial charge on any atom is -0.396 e.